The first-order chi connectivity index (χ1) is 13.2. The first kappa shape index (κ1) is 17.2. The summed E-state index contributed by atoms with van der Waals surface area (Å²) in [5.74, 6) is 1.99. The normalized spacial score (nSPS) is 14.4. The summed E-state index contributed by atoms with van der Waals surface area (Å²) in [5.41, 5.74) is 2.53. The van der Waals surface area contributed by atoms with Crippen molar-refractivity contribution in [3.63, 3.8) is 0 Å². The highest BCUT2D eigenvalue weighted by Gasteiger charge is 2.17. The summed E-state index contributed by atoms with van der Waals surface area (Å²) < 4.78 is 10.6. The molecule has 1 aromatic carbocycles. The molecule has 1 aliphatic heterocycles. The Morgan fingerprint density at radius 2 is 1.74 bits per heavy atom. The molecule has 0 unspecified atom stereocenters. The Bertz CT molecular complexity index is 978. The fourth-order valence-electron chi connectivity index (χ4n) is 3.21. The van der Waals surface area contributed by atoms with E-state index in [0.717, 1.165) is 29.7 Å². The Labute approximate surface area is 157 Å². The Hall–Kier alpha value is -3.22. The van der Waals surface area contributed by atoms with Crippen molar-refractivity contribution in [3.05, 3.63) is 36.5 Å². The van der Waals surface area contributed by atoms with Gasteiger partial charge in [0.2, 0.25) is 5.88 Å². The van der Waals surface area contributed by atoms with E-state index in [0.29, 0.717) is 41.7 Å². The molecule has 0 atom stereocenters. The van der Waals surface area contributed by atoms with E-state index in [4.69, 9.17) is 9.47 Å². The molecule has 0 aliphatic carbocycles. The number of carbonyl (C=O) groups is 1. The summed E-state index contributed by atoms with van der Waals surface area (Å²) in [6.07, 6.45) is 2.95. The third-order valence-corrected chi connectivity index (χ3v) is 4.75. The smallest absolute Gasteiger partial charge is 0.218 e. The lowest BCUT2D eigenvalue weighted by Gasteiger charge is -2.28. The highest BCUT2D eigenvalue weighted by atomic mass is 16.5. The minimum Gasteiger partial charge on any atom is -0.496 e. The third kappa shape index (κ3) is 3.40. The first-order valence-corrected chi connectivity index (χ1v) is 8.81. The van der Waals surface area contributed by atoms with Crippen molar-refractivity contribution in [1.29, 1.82) is 0 Å². The molecule has 1 fully saturated rings. The molecule has 0 saturated carbocycles. The van der Waals surface area contributed by atoms with Gasteiger partial charge in [-0.3, -0.25) is 4.79 Å². The van der Waals surface area contributed by atoms with Crippen molar-refractivity contribution < 1.29 is 14.3 Å². The van der Waals surface area contributed by atoms with E-state index in [1.165, 1.54) is 0 Å². The van der Waals surface area contributed by atoms with E-state index in [9.17, 15) is 4.79 Å². The lowest BCUT2D eigenvalue weighted by Crippen LogP contribution is -2.33. The SMILES string of the molecule is COc1cc(OC)c2cnc(-c3ccc(N4CCC(=O)CC4)cc3)nc2n1. The predicted molar refractivity (Wildman–Crippen MR) is 102 cm³/mol. The molecule has 138 valence electrons. The fourth-order valence-corrected chi connectivity index (χ4v) is 3.21. The number of hydrogen-bond donors (Lipinski definition) is 0. The van der Waals surface area contributed by atoms with Gasteiger partial charge in [0.25, 0.3) is 0 Å². The van der Waals surface area contributed by atoms with E-state index in [1.54, 1.807) is 26.5 Å². The van der Waals surface area contributed by atoms with Gasteiger partial charge in [0.1, 0.15) is 11.5 Å². The van der Waals surface area contributed by atoms with Crippen molar-refractivity contribution >= 4 is 22.5 Å². The number of anilines is 1. The van der Waals surface area contributed by atoms with Crippen LogP contribution in [0.2, 0.25) is 0 Å². The van der Waals surface area contributed by atoms with Gasteiger partial charge >= 0.3 is 0 Å². The molecule has 0 radical (unpaired) electrons. The number of piperidine rings is 1. The highest BCUT2D eigenvalue weighted by molar-refractivity contribution is 5.83. The average molecular weight is 364 g/mol. The zero-order valence-corrected chi connectivity index (χ0v) is 15.3. The molecule has 0 amide bonds. The second-order valence-electron chi connectivity index (χ2n) is 6.37. The van der Waals surface area contributed by atoms with E-state index < -0.39 is 0 Å². The quantitative estimate of drug-likeness (QED) is 0.704. The summed E-state index contributed by atoms with van der Waals surface area (Å²) in [6.45, 7) is 1.54. The molecule has 7 heteroatoms. The molecule has 4 rings (SSSR count). The van der Waals surface area contributed by atoms with E-state index in [-0.39, 0.29) is 0 Å². The van der Waals surface area contributed by atoms with E-state index >= 15 is 0 Å². The van der Waals surface area contributed by atoms with Crippen LogP contribution < -0.4 is 14.4 Å². The van der Waals surface area contributed by atoms with Crippen molar-refractivity contribution in [2.24, 2.45) is 0 Å². The van der Waals surface area contributed by atoms with Crippen LogP contribution in [-0.2, 0) is 4.79 Å². The number of rotatable bonds is 4. The minimum absolute atomic E-state index is 0.339. The van der Waals surface area contributed by atoms with Crippen molar-refractivity contribution in [2.45, 2.75) is 12.8 Å². The fraction of sp³-hybridized carbons (Fsp3) is 0.300. The highest BCUT2D eigenvalue weighted by Crippen LogP contribution is 2.29. The van der Waals surface area contributed by atoms with Gasteiger partial charge in [0.15, 0.2) is 11.5 Å². The average Bonchev–Trinajstić information content (AvgIpc) is 2.73. The number of hydrogen-bond acceptors (Lipinski definition) is 7. The minimum atomic E-state index is 0.339. The van der Waals surface area contributed by atoms with Gasteiger partial charge in [0, 0.05) is 49.4 Å². The molecule has 3 heterocycles. The number of ether oxygens (including phenoxy) is 2. The van der Waals surface area contributed by atoms with Crippen LogP contribution in [-0.4, -0.2) is 48.0 Å². The van der Waals surface area contributed by atoms with Crippen LogP contribution in [0.3, 0.4) is 0 Å². The third-order valence-electron chi connectivity index (χ3n) is 4.75. The number of benzene rings is 1. The lowest BCUT2D eigenvalue weighted by atomic mass is 10.1. The van der Waals surface area contributed by atoms with Crippen LogP contribution >= 0.6 is 0 Å². The van der Waals surface area contributed by atoms with Gasteiger partial charge in [-0.25, -0.2) is 9.97 Å². The van der Waals surface area contributed by atoms with Gasteiger partial charge in [0.05, 0.1) is 19.6 Å². The lowest BCUT2D eigenvalue weighted by molar-refractivity contribution is -0.119. The van der Waals surface area contributed by atoms with Crippen LogP contribution in [0.25, 0.3) is 22.4 Å². The molecule has 0 bridgehead atoms. The monoisotopic (exact) mass is 364 g/mol. The second kappa shape index (κ2) is 7.19. The summed E-state index contributed by atoms with van der Waals surface area (Å²) in [7, 11) is 3.15. The molecular weight excluding hydrogens is 344 g/mol. The van der Waals surface area contributed by atoms with Crippen LogP contribution in [0.15, 0.2) is 36.5 Å². The Morgan fingerprint density at radius 1 is 1.00 bits per heavy atom. The molecule has 1 aliphatic rings. The van der Waals surface area contributed by atoms with Gasteiger partial charge in [-0.05, 0) is 24.3 Å². The van der Waals surface area contributed by atoms with Crippen LogP contribution in [0.4, 0.5) is 5.69 Å². The Balaban J connectivity index is 1.64. The summed E-state index contributed by atoms with van der Waals surface area (Å²) in [4.78, 5) is 27.1. The molecule has 1 saturated heterocycles. The summed E-state index contributed by atoms with van der Waals surface area (Å²) in [6, 6.07) is 9.77. The predicted octanol–water partition coefficient (Wildman–Crippen LogP) is 2.88. The largest absolute Gasteiger partial charge is 0.496 e. The maximum atomic E-state index is 11.4. The molecule has 7 nitrogen and oxygen atoms in total. The number of ketones is 1. The number of Topliss-reactive ketones (excluding diaryl/α,β-unsaturated/α-hetero) is 1. The zero-order valence-electron chi connectivity index (χ0n) is 15.3. The zero-order chi connectivity index (χ0) is 18.8. The Morgan fingerprint density at radius 3 is 2.41 bits per heavy atom. The van der Waals surface area contributed by atoms with Gasteiger partial charge in [-0.15, -0.1) is 0 Å². The second-order valence-corrected chi connectivity index (χ2v) is 6.37. The molecular formula is C20H20N4O3. The summed E-state index contributed by atoms with van der Waals surface area (Å²) >= 11 is 0. The van der Waals surface area contributed by atoms with Crippen LogP contribution in [0.1, 0.15) is 12.8 Å². The number of aromatic nitrogens is 3. The molecule has 27 heavy (non-hydrogen) atoms. The first-order valence-electron chi connectivity index (χ1n) is 8.81. The maximum Gasteiger partial charge on any atom is 0.218 e. The maximum absolute atomic E-state index is 11.4. The topological polar surface area (TPSA) is 77.4 Å². The number of carbonyl (C=O) groups excluding carboxylic acids is 1. The molecule has 0 spiro atoms. The number of pyridine rings is 1. The van der Waals surface area contributed by atoms with E-state index in [2.05, 4.69) is 19.9 Å². The molecule has 3 aromatic rings. The Kier molecular flexibility index (Phi) is 4.58. The van der Waals surface area contributed by atoms with Crippen LogP contribution in [0, 0.1) is 0 Å². The van der Waals surface area contributed by atoms with Crippen molar-refractivity contribution in [3.8, 4) is 23.0 Å². The van der Waals surface area contributed by atoms with Crippen LogP contribution in [0.5, 0.6) is 11.6 Å². The molecule has 0 N–H and O–H groups in total. The van der Waals surface area contributed by atoms with Gasteiger partial charge in [-0.1, -0.05) is 0 Å². The molecule has 2 aromatic heterocycles. The van der Waals surface area contributed by atoms with Crippen molar-refractivity contribution in [1.82, 2.24) is 15.0 Å². The van der Waals surface area contributed by atoms with Crippen molar-refractivity contribution in [2.75, 3.05) is 32.2 Å². The van der Waals surface area contributed by atoms with Gasteiger partial charge < -0.3 is 14.4 Å². The standard InChI is InChI=1S/C20H20N4O3/c1-26-17-11-18(27-2)22-20-16(17)12-21-19(23-20)13-3-5-14(6-4-13)24-9-7-15(25)8-10-24/h3-6,11-12H,7-10H2,1-2H3. The number of methoxy groups -OCH3 is 2. The van der Waals surface area contributed by atoms with E-state index in [1.807, 2.05) is 24.3 Å². The van der Waals surface area contributed by atoms with Gasteiger partial charge in [-0.2, -0.15) is 4.98 Å². The summed E-state index contributed by atoms with van der Waals surface area (Å²) in [5, 5.41) is 0.733. The number of fused-ring (bicyclic) bond motifs is 1. The number of nitrogens with zero attached hydrogens (tertiary/aromatic N) is 4.